The van der Waals surface area contributed by atoms with Crippen LogP contribution in [0.4, 0.5) is 11.5 Å². The first kappa shape index (κ1) is 22.0. The normalized spacial score (nSPS) is 16.3. The molecule has 2 aromatic heterocycles. The van der Waals surface area contributed by atoms with Crippen molar-refractivity contribution in [2.24, 2.45) is 0 Å². The number of anilines is 2. The molecule has 1 aromatic carbocycles. The average Bonchev–Trinajstić information content (AvgIpc) is 3.24. The van der Waals surface area contributed by atoms with Gasteiger partial charge in [0.25, 0.3) is 0 Å². The Morgan fingerprint density at radius 1 is 1.29 bits per heavy atom. The number of carbonyl (C=O) groups excluding carboxylic acids is 1. The van der Waals surface area contributed by atoms with Crippen LogP contribution < -0.4 is 11.1 Å². The maximum absolute atomic E-state index is 12.8. The van der Waals surface area contributed by atoms with Gasteiger partial charge in [0.1, 0.15) is 10.6 Å². The highest BCUT2D eigenvalue weighted by Crippen LogP contribution is 2.29. The quantitative estimate of drug-likeness (QED) is 0.408. The number of amides is 1. The first-order chi connectivity index (χ1) is 14.8. The Bertz CT molecular complexity index is 1210. The molecule has 3 aromatic rings. The molecule has 0 unspecified atom stereocenters. The third-order valence-corrected chi connectivity index (χ3v) is 8.36. The van der Waals surface area contributed by atoms with Crippen LogP contribution in [-0.2, 0) is 19.6 Å². The van der Waals surface area contributed by atoms with Gasteiger partial charge in [0.15, 0.2) is 5.16 Å². The van der Waals surface area contributed by atoms with Gasteiger partial charge in [0.05, 0.1) is 28.7 Å². The van der Waals surface area contributed by atoms with Crippen molar-refractivity contribution in [2.75, 3.05) is 37.4 Å². The van der Waals surface area contributed by atoms with Crippen LogP contribution in [0.5, 0.6) is 0 Å². The number of ether oxygens (including phenoxy) is 1. The van der Waals surface area contributed by atoms with E-state index in [1.807, 2.05) is 11.4 Å². The zero-order valence-electron chi connectivity index (χ0n) is 16.6. The topological polar surface area (TPSA) is 128 Å². The summed E-state index contributed by atoms with van der Waals surface area (Å²) in [7, 11) is -3.65. The standard InChI is InChI=1S/C19H21N5O4S3/c1-12(30-19-22-16(20)15-5-10-29-18(15)23-19)17(25)21-13-3-2-4-14(11-13)31(26,27)24-6-8-28-9-7-24/h2-5,10-12H,6-9H2,1H3,(H,21,25)(H2,20,22,23)/t12-/m0/s1. The van der Waals surface area contributed by atoms with Gasteiger partial charge in [-0.1, -0.05) is 17.8 Å². The summed E-state index contributed by atoms with van der Waals surface area (Å²) < 4.78 is 32.3. The first-order valence-electron chi connectivity index (χ1n) is 9.51. The fraction of sp³-hybridized carbons (Fsp3) is 0.316. The highest BCUT2D eigenvalue weighted by molar-refractivity contribution is 8.00. The molecule has 164 valence electrons. The van der Waals surface area contributed by atoms with Crippen molar-refractivity contribution in [3.63, 3.8) is 0 Å². The van der Waals surface area contributed by atoms with E-state index in [0.717, 1.165) is 10.2 Å². The highest BCUT2D eigenvalue weighted by Gasteiger charge is 2.26. The molecule has 0 saturated carbocycles. The number of thioether (sulfide) groups is 1. The van der Waals surface area contributed by atoms with Crippen LogP contribution in [0.2, 0.25) is 0 Å². The second kappa shape index (κ2) is 9.09. The average molecular weight is 480 g/mol. The van der Waals surface area contributed by atoms with E-state index in [1.54, 1.807) is 19.1 Å². The Labute approximate surface area is 188 Å². The molecule has 3 heterocycles. The molecule has 1 atom stereocenters. The third kappa shape index (κ3) is 4.83. The molecule has 1 fully saturated rings. The summed E-state index contributed by atoms with van der Waals surface area (Å²) in [5.74, 6) is 0.0850. The van der Waals surface area contributed by atoms with E-state index in [-0.39, 0.29) is 10.8 Å². The van der Waals surface area contributed by atoms with Crippen LogP contribution in [0.1, 0.15) is 6.92 Å². The molecular weight excluding hydrogens is 458 g/mol. The van der Waals surface area contributed by atoms with Crippen molar-refractivity contribution in [1.82, 2.24) is 14.3 Å². The smallest absolute Gasteiger partial charge is 0.243 e. The van der Waals surface area contributed by atoms with E-state index in [0.29, 0.717) is 43.0 Å². The Morgan fingerprint density at radius 3 is 2.84 bits per heavy atom. The number of fused-ring (bicyclic) bond motifs is 1. The molecular formula is C19H21N5O4S3. The van der Waals surface area contributed by atoms with E-state index in [1.165, 1.54) is 39.5 Å². The molecule has 1 amide bonds. The lowest BCUT2D eigenvalue weighted by Gasteiger charge is -2.26. The van der Waals surface area contributed by atoms with Gasteiger partial charge in [0, 0.05) is 18.8 Å². The molecule has 31 heavy (non-hydrogen) atoms. The van der Waals surface area contributed by atoms with Gasteiger partial charge in [0.2, 0.25) is 15.9 Å². The van der Waals surface area contributed by atoms with Crippen molar-refractivity contribution >= 4 is 60.8 Å². The molecule has 4 rings (SSSR count). The number of hydrogen-bond donors (Lipinski definition) is 2. The molecule has 0 spiro atoms. The summed E-state index contributed by atoms with van der Waals surface area (Å²) in [6.07, 6.45) is 0. The van der Waals surface area contributed by atoms with Crippen LogP contribution in [0.15, 0.2) is 45.8 Å². The molecule has 0 radical (unpaired) electrons. The maximum atomic E-state index is 12.8. The summed E-state index contributed by atoms with van der Waals surface area (Å²) in [4.78, 5) is 22.3. The van der Waals surface area contributed by atoms with Crippen LogP contribution in [0.25, 0.3) is 10.2 Å². The lowest BCUT2D eigenvalue weighted by molar-refractivity contribution is -0.115. The minimum absolute atomic E-state index is 0.131. The van der Waals surface area contributed by atoms with Crippen LogP contribution in [-0.4, -0.2) is 60.2 Å². The van der Waals surface area contributed by atoms with Crippen molar-refractivity contribution < 1.29 is 17.9 Å². The van der Waals surface area contributed by atoms with Crippen molar-refractivity contribution in [1.29, 1.82) is 0 Å². The Balaban J connectivity index is 1.45. The largest absolute Gasteiger partial charge is 0.383 e. The zero-order chi connectivity index (χ0) is 22.0. The van der Waals surface area contributed by atoms with Gasteiger partial charge in [-0.3, -0.25) is 4.79 Å². The Kier molecular flexibility index (Phi) is 6.44. The molecule has 0 aliphatic carbocycles. The van der Waals surface area contributed by atoms with E-state index < -0.39 is 15.3 Å². The predicted octanol–water partition coefficient (Wildman–Crippen LogP) is 2.41. The minimum Gasteiger partial charge on any atom is -0.383 e. The van der Waals surface area contributed by atoms with Crippen molar-refractivity contribution in [3.8, 4) is 0 Å². The SMILES string of the molecule is C[C@H](Sc1nc(N)c2ccsc2n1)C(=O)Nc1cccc(S(=O)(=O)N2CCOCC2)c1. The number of benzene rings is 1. The first-order valence-corrected chi connectivity index (χ1v) is 12.7. The van der Waals surface area contributed by atoms with E-state index in [9.17, 15) is 13.2 Å². The van der Waals surface area contributed by atoms with Crippen LogP contribution >= 0.6 is 23.1 Å². The zero-order valence-corrected chi connectivity index (χ0v) is 19.1. The molecule has 12 heteroatoms. The highest BCUT2D eigenvalue weighted by atomic mass is 32.2. The number of morpholine rings is 1. The van der Waals surface area contributed by atoms with E-state index in [2.05, 4.69) is 15.3 Å². The summed E-state index contributed by atoms with van der Waals surface area (Å²) in [5.41, 5.74) is 6.37. The van der Waals surface area contributed by atoms with Gasteiger partial charge >= 0.3 is 0 Å². The van der Waals surface area contributed by atoms with Gasteiger partial charge in [-0.05, 0) is 36.6 Å². The molecule has 1 aliphatic heterocycles. The number of carbonyl (C=O) groups is 1. The summed E-state index contributed by atoms with van der Waals surface area (Å²) in [5, 5.41) is 5.35. The summed E-state index contributed by atoms with van der Waals surface area (Å²) in [6, 6.07) is 8.10. The van der Waals surface area contributed by atoms with Crippen LogP contribution in [0.3, 0.4) is 0 Å². The summed E-state index contributed by atoms with van der Waals surface area (Å²) in [6.45, 7) is 3.09. The molecule has 1 aliphatic rings. The van der Waals surface area contributed by atoms with Gasteiger partial charge < -0.3 is 15.8 Å². The number of hydrogen-bond acceptors (Lipinski definition) is 9. The van der Waals surface area contributed by atoms with E-state index >= 15 is 0 Å². The minimum atomic E-state index is -3.65. The summed E-state index contributed by atoms with van der Waals surface area (Å²) >= 11 is 2.64. The Hall–Kier alpha value is -2.25. The monoisotopic (exact) mass is 479 g/mol. The maximum Gasteiger partial charge on any atom is 0.243 e. The number of nitrogen functional groups attached to an aromatic ring is 1. The Morgan fingerprint density at radius 2 is 2.06 bits per heavy atom. The molecule has 0 bridgehead atoms. The molecule has 1 saturated heterocycles. The van der Waals surface area contributed by atoms with Gasteiger partial charge in [-0.15, -0.1) is 11.3 Å². The number of nitrogens with two attached hydrogens (primary N) is 1. The number of nitrogens with one attached hydrogen (secondary N) is 1. The lowest BCUT2D eigenvalue weighted by atomic mass is 10.3. The number of rotatable bonds is 6. The number of sulfonamides is 1. The molecule has 3 N–H and O–H groups in total. The fourth-order valence-electron chi connectivity index (χ4n) is 3.04. The van der Waals surface area contributed by atoms with Crippen molar-refractivity contribution in [2.45, 2.75) is 22.2 Å². The van der Waals surface area contributed by atoms with Gasteiger partial charge in [-0.25, -0.2) is 18.4 Å². The number of thiophene rings is 1. The second-order valence-electron chi connectivity index (χ2n) is 6.82. The van der Waals surface area contributed by atoms with E-state index in [4.69, 9.17) is 10.5 Å². The second-order valence-corrected chi connectivity index (χ2v) is 11.0. The number of nitrogens with zero attached hydrogens (tertiary/aromatic N) is 3. The van der Waals surface area contributed by atoms with Crippen LogP contribution in [0, 0.1) is 0 Å². The third-order valence-electron chi connectivity index (χ3n) is 4.69. The lowest BCUT2D eigenvalue weighted by Crippen LogP contribution is -2.40. The van der Waals surface area contributed by atoms with Gasteiger partial charge in [-0.2, -0.15) is 4.31 Å². The molecule has 9 nitrogen and oxygen atoms in total. The number of aromatic nitrogens is 2. The van der Waals surface area contributed by atoms with Crippen molar-refractivity contribution in [3.05, 3.63) is 35.7 Å². The fourth-order valence-corrected chi connectivity index (χ4v) is 6.10. The predicted molar refractivity (Wildman–Crippen MR) is 122 cm³/mol.